The van der Waals surface area contributed by atoms with Crippen molar-refractivity contribution in [2.45, 2.75) is 51.1 Å². The molecule has 2 saturated heterocycles. The molecule has 8 heteroatoms. The van der Waals surface area contributed by atoms with Gasteiger partial charge in [-0.1, -0.05) is 24.3 Å². The van der Waals surface area contributed by atoms with Gasteiger partial charge in [0.2, 0.25) is 0 Å². The lowest BCUT2D eigenvalue weighted by molar-refractivity contribution is 0.00163. The van der Waals surface area contributed by atoms with Crippen molar-refractivity contribution in [2.24, 2.45) is 0 Å². The predicted octanol–water partition coefficient (Wildman–Crippen LogP) is 4.43. The third-order valence-electron chi connectivity index (χ3n) is 7.92. The van der Waals surface area contributed by atoms with Gasteiger partial charge in [-0.15, -0.1) is 11.3 Å². The van der Waals surface area contributed by atoms with Crippen molar-refractivity contribution in [3.8, 4) is 0 Å². The quantitative estimate of drug-likeness (QED) is 0.582. The first-order chi connectivity index (χ1) is 17.2. The second-order valence-corrected chi connectivity index (χ2v) is 10.9. The molecule has 4 heterocycles. The zero-order chi connectivity index (χ0) is 23.8. The second kappa shape index (κ2) is 9.84. The number of piperidine rings is 1. The van der Waals surface area contributed by atoms with Crippen molar-refractivity contribution in [3.05, 3.63) is 52.2 Å². The van der Waals surface area contributed by atoms with Crippen molar-refractivity contribution < 1.29 is 9.53 Å². The van der Waals surface area contributed by atoms with Crippen LogP contribution in [0.5, 0.6) is 0 Å². The molecule has 3 aromatic rings. The van der Waals surface area contributed by atoms with Gasteiger partial charge < -0.3 is 15.0 Å². The average molecular weight is 492 g/mol. The lowest BCUT2D eigenvalue weighted by Crippen LogP contribution is -2.50. The molecule has 2 fully saturated rings. The van der Waals surface area contributed by atoms with E-state index in [4.69, 9.17) is 4.74 Å². The van der Waals surface area contributed by atoms with Crippen LogP contribution in [0, 0.1) is 6.92 Å². The molecule has 1 aliphatic carbocycles. The number of anilines is 1. The number of rotatable bonds is 4. The Morgan fingerprint density at radius 2 is 1.89 bits per heavy atom. The molecule has 1 aromatic carbocycles. The smallest absolute Gasteiger partial charge is 0.264 e. The van der Waals surface area contributed by atoms with E-state index in [9.17, 15) is 4.79 Å². The SMILES string of the molecule is Cc1c(C(=O)N2CCC(N3CCOCC3)CC2)sc2ncnc(N[C@@H]3CCCc4ccccc43)c12. The number of aryl methyl sites for hydroxylation is 2. The van der Waals surface area contributed by atoms with Crippen molar-refractivity contribution in [1.82, 2.24) is 19.8 Å². The Morgan fingerprint density at radius 1 is 1.09 bits per heavy atom. The van der Waals surface area contributed by atoms with Gasteiger partial charge in [0.05, 0.1) is 29.5 Å². The van der Waals surface area contributed by atoms with Crippen molar-refractivity contribution in [2.75, 3.05) is 44.7 Å². The van der Waals surface area contributed by atoms with E-state index in [2.05, 4.69) is 51.4 Å². The summed E-state index contributed by atoms with van der Waals surface area (Å²) in [6.45, 7) is 7.33. The van der Waals surface area contributed by atoms with Crippen molar-refractivity contribution in [3.63, 3.8) is 0 Å². The molecule has 1 atom stereocenters. The molecule has 0 unspecified atom stereocenters. The van der Waals surface area contributed by atoms with Crippen LogP contribution >= 0.6 is 11.3 Å². The summed E-state index contributed by atoms with van der Waals surface area (Å²) in [6.07, 6.45) is 7.06. The molecule has 1 amide bonds. The molecule has 0 saturated carbocycles. The van der Waals surface area contributed by atoms with Crippen LogP contribution in [0.3, 0.4) is 0 Å². The van der Waals surface area contributed by atoms with E-state index in [1.807, 2.05) is 4.90 Å². The second-order valence-electron chi connectivity index (χ2n) is 9.92. The molecule has 35 heavy (non-hydrogen) atoms. The number of aromatic nitrogens is 2. The highest BCUT2D eigenvalue weighted by atomic mass is 32.1. The summed E-state index contributed by atoms with van der Waals surface area (Å²) in [6, 6.07) is 9.48. The molecule has 1 N–H and O–H groups in total. The predicted molar refractivity (Wildman–Crippen MR) is 139 cm³/mol. The van der Waals surface area contributed by atoms with Crippen LogP contribution < -0.4 is 5.32 Å². The number of nitrogens with zero attached hydrogens (tertiary/aromatic N) is 4. The van der Waals surface area contributed by atoms with Gasteiger partial charge in [0, 0.05) is 32.2 Å². The van der Waals surface area contributed by atoms with Gasteiger partial charge in [-0.25, -0.2) is 9.97 Å². The Morgan fingerprint density at radius 3 is 2.71 bits per heavy atom. The van der Waals surface area contributed by atoms with Crippen LogP contribution in [-0.4, -0.2) is 71.1 Å². The lowest BCUT2D eigenvalue weighted by atomic mass is 9.87. The number of hydrogen-bond donors (Lipinski definition) is 1. The normalized spacial score (nSPS) is 21.7. The first-order valence-electron chi connectivity index (χ1n) is 12.9. The van der Waals surface area contributed by atoms with Crippen LogP contribution in [0.25, 0.3) is 10.2 Å². The molecular formula is C27H33N5O2S. The monoisotopic (exact) mass is 491 g/mol. The van der Waals surface area contributed by atoms with Crippen molar-refractivity contribution >= 4 is 33.3 Å². The number of amides is 1. The van der Waals surface area contributed by atoms with E-state index in [0.29, 0.717) is 6.04 Å². The minimum absolute atomic E-state index is 0.139. The van der Waals surface area contributed by atoms with Crippen molar-refractivity contribution in [1.29, 1.82) is 0 Å². The highest BCUT2D eigenvalue weighted by Crippen LogP contribution is 2.38. The first kappa shape index (κ1) is 22.9. The van der Waals surface area contributed by atoms with E-state index in [-0.39, 0.29) is 11.9 Å². The van der Waals surface area contributed by atoms with Gasteiger partial charge in [0.25, 0.3) is 5.91 Å². The molecule has 184 valence electrons. The average Bonchev–Trinajstić information content (AvgIpc) is 3.26. The molecule has 0 bridgehead atoms. The summed E-state index contributed by atoms with van der Waals surface area (Å²) in [7, 11) is 0. The zero-order valence-corrected chi connectivity index (χ0v) is 21.1. The summed E-state index contributed by atoms with van der Waals surface area (Å²) >= 11 is 1.51. The Hall–Kier alpha value is -2.55. The number of carbonyl (C=O) groups is 1. The van der Waals surface area contributed by atoms with Crippen LogP contribution in [0.1, 0.15) is 58.1 Å². The number of ether oxygens (including phenoxy) is 1. The fourth-order valence-electron chi connectivity index (χ4n) is 5.97. The van der Waals surface area contributed by atoms with Gasteiger partial charge in [-0.05, 0) is 55.7 Å². The number of nitrogens with one attached hydrogen (secondary N) is 1. The topological polar surface area (TPSA) is 70.6 Å². The number of likely N-dealkylation sites (tertiary alicyclic amines) is 1. The molecule has 3 aliphatic rings. The first-order valence-corrected chi connectivity index (χ1v) is 13.7. The Balaban J connectivity index is 1.21. The molecule has 0 spiro atoms. The maximum Gasteiger partial charge on any atom is 0.264 e. The van der Waals surface area contributed by atoms with Gasteiger partial charge in [0.1, 0.15) is 17.0 Å². The van der Waals surface area contributed by atoms with Gasteiger partial charge in [-0.3, -0.25) is 9.69 Å². The van der Waals surface area contributed by atoms with Crippen LogP contribution in [0.4, 0.5) is 5.82 Å². The lowest BCUT2D eigenvalue weighted by Gasteiger charge is -2.40. The molecular weight excluding hydrogens is 458 g/mol. The number of hydrogen-bond acceptors (Lipinski definition) is 7. The Bertz CT molecular complexity index is 1210. The van der Waals surface area contributed by atoms with Crippen LogP contribution in [0.15, 0.2) is 30.6 Å². The number of benzene rings is 1. The molecule has 6 rings (SSSR count). The van der Waals surface area contributed by atoms with E-state index >= 15 is 0 Å². The van der Waals surface area contributed by atoms with Gasteiger partial charge in [0.15, 0.2) is 0 Å². The number of carbonyl (C=O) groups excluding carboxylic acids is 1. The highest BCUT2D eigenvalue weighted by molar-refractivity contribution is 7.20. The van der Waals surface area contributed by atoms with Gasteiger partial charge >= 0.3 is 0 Å². The van der Waals surface area contributed by atoms with E-state index < -0.39 is 0 Å². The van der Waals surface area contributed by atoms with E-state index in [1.54, 1.807) is 6.33 Å². The fourth-order valence-corrected chi connectivity index (χ4v) is 7.09. The van der Waals surface area contributed by atoms with Crippen LogP contribution in [-0.2, 0) is 11.2 Å². The summed E-state index contributed by atoms with van der Waals surface area (Å²) < 4.78 is 5.50. The Labute approximate surface area is 210 Å². The fraction of sp³-hybridized carbons (Fsp3) is 0.519. The standard InChI is InChI=1S/C27H33N5O2S/c1-18-23-25(30-22-8-4-6-19-5-2-3-7-21(19)22)28-17-29-26(23)35-24(18)27(33)32-11-9-20(10-12-32)31-13-15-34-16-14-31/h2-3,5,7,17,20,22H,4,6,8-16H2,1H3,(H,28,29,30)/t22-/m1/s1. The van der Waals surface area contributed by atoms with Crippen LogP contribution in [0.2, 0.25) is 0 Å². The molecule has 7 nitrogen and oxygen atoms in total. The Kier molecular flexibility index (Phi) is 6.43. The third kappa shape index (κ3) is 4.43. The molecule has 0 radical (unpaired) electrons. The third-order valence-corrected chi connectivity index (χ3v) is 9.10. The maximum absolute atomic E-state index is 13.6. The summed E-state index contributed by atoms with van der Waals surface area (Å²) in [5.41, 5.74) is 3.77. The van der Waals surface area contributed by atoms with E-state index in [1.165, 1.54) is 22.5 Å². The molecule has 2 aliphatic heterocycles. The number of fused-ring (bicyclic) bond motifs is 2. The zero-order valence-electron chi connectivity index (χ0n) is 20.3. The van der Waals surface area contributed by atoms with Gasteiger partial charge in [-0.2, -0.15) is 0 Å². The minimum atomic E-state index is 0.139. The minimum Gasteiger partial charge on any atom is -0.379 e. The highest BCUT2D eigenvalue weighted by Gasteiger charge is 2.30. The van der Waals surface area contributed by atoms with E-state index in [0.717, 1.165) is 98.0 Å². The number of morpholine rings is 1. The summed E-state index contributed by atoms with van der Waals surface area (Å²) in [4.78, 5) is 29.0. The summed E-state index contributed by atoms with van der Waals surface area (Å²) in [5.74, 6) is 0.982. The largest absolute Gasteiger partial charge is 0.379 e. The maximum atomic E-state index is 13.6. The number of thiophene rings is 1. The molecule has 2 aromatic heterocycles. The summed E-state index contributed by atoms with van der Waals surface area (Å²) in [5, 5.41) is 4.70.